The minimum Gasteiger partial charge on any atom is -0.456 e. The van der Waals surface area contributed by atoms with E-state index < -0.39 is 17.0 Å². The van der Waals surface area contributed by atoms with Gasteiger partial charge < -0.3 is 14.6 Å². The summed E-state index contributed by atoms with van der Waals surface area (Å²) >= 11 is 1.10. The van der Waals surface area contributed by atoms with Gasteiger partial charge in [-0.15, -0.1) is 11.8 Å². The van der Waals surface area contributed by atoms with E-state index in [-0.39, 0.29) is 24.1 Å². The molecule has 1 amide bonds. The standard InChI is InChI=1S/C26H27FN2O4S/c1-17-13-23(18(2)29(17)14-20-7-5-4-6-8-20)24(30)15-33-26(32)19(3)34-16-25(31)28-22-11-9-21(27)10-12-22/h4-13,19H,14-16H2,1-3H3,(H,28,31). The molecule has 0 radical (unpaired) electrons. The van der Waals surface area contributed by atoms with Crippen LogP contribution in [-0.4, -0.2) is 39.8 Å². The number of thioether (sulfide) groups is 1. The van der Waals surface area contributed by atoms with Crippen LogP contribution in [0.15, 0.2) is 60.7 Å². The average molecular weight is 483 g/mol. The largest absolute Gasteiger partial charge is 0.456 e. The summed E-state index contributed by atoms with van der Waals surface area (Å²) in [7, 11) is 0. The topological polar surface area (TPSA) is 77.4 Å². The number of amides is 1. The summed E-state index contributed by atoms with van der Waals surface area (Å²) in [6.45, 7) is 5.73. The fourth-order valence-corrected chi connectivity index (χ4v) is 4.10. The Morgan fingerprint density at radius 1 is 1.06 bits per heavy atom. The number of benzene rings is 2. The Balaban J connectivity index is 1.48. The fraction of sp³-hybridized carbons (Fsp3) is 0.269. The van der Waals surface area contributed by atoms with Crippen LogP contribution in [0.25, 0.3) is 0 Å². The van der Waals surface area contributed by atoms with Crippen LogP contribution in [0.4, 0.5) is 10.1 Å². The first kappa shape index (κ1) is 25.2. The zero-order chi connectivity index (χ0) is 24.7. The summed E-state index contributed by atoms with van der Waals surface area (Å²) in [5, 5.41) is 2.00. The van der Waals surface area contributed by atoms with Crippen LogP contribution in [0.3, 0.4) is 0 Å². The maximum Gasteiger partial charge on any atom is 0.319 e. The number of esters is 1. The number of rotatable bonds is 10. The molecule has 1 unspecified atom stereocenters. The molecule has 8 heteroatoms. The SMILES string of the molecule is Cc1cc(C(=O)COC(=O)C(C)SCC(=O)Nc2ccc(F)cc2)c(C)n1Cc1ccccc1. The lowest BCUT2D eigenvalue weighted by Crippen LogP contribution is -2.24. The molecule has 0 aliphatic rings. The number of aromatic nitrogens is 1. The van der Waals surface area contributed by atoms with Crippen LogP contribution in [0, 0.1) is 19.7 Å². The minimum atomic E-state index is -0.628. The number of nitrogens with one attached hydrogen (secondary N) is 1. The first-order valence-corrected chi connectivity index (χ1v) is 11.9. The molecular formula is C26H27FN2O4S. The molecular weight excluding hydrogens is 455 g/mol. The Bertz CT molecular complexity index is 1160. The van der Waals surface area contributed by atoms with Gasteiger partial charge in [-0.2, -0.15) is 0 Å². The normalized spacial score (nSPS) is 11.6. The Labute approximate surface area is 202 Å². The number of halogens is 1. The highest BCUT2D eigenvalue weighted by atomic mass is 32.2. The number of nitrogens with zero attached hydrogens (tertiary/aromatic N) is 1. The highest BCUT2D eigenvalue weighted by Crippen LogP contribution is 2.19. The minimum absolute atomic E-state index is 0.0161. The molecule has 3 rings (SSSR count). The molecule has 0 bridgehead atoms. The van der Waals surface area contributed by atoms with Crippen molar-refractivity contribution in [2.75, 3.05) is 17.7 Å². The highest BCUT2D eigenvalue weighted by Gasteiger charge is 2.21. The van der Waals surface area contributed by atoms with Crippen molar-refractivity contribution >= 4 is 35.1 Å². The van der Waals surface area contributed by atoms with E-state index in [1.54, 1.807) is 6.92 Å². The summed E-state index contributed by atoms with van der Waals surface area (Å²) < 4.78 is 20.2. The summed E-state index contributed by atoms with van der Waals surface area (Å²) in [6, 6.07) is 17.2. The van der Waals surface area contributed by atoms with E-state index in [0.717, 1.165) is 28.7 Å². The number of Topliss-reactive ketones (excluding diaryl/α,β-unsaturated/α-hetero) is 1. The molecule has 1 aromatic heterocycles. The summed E-state index contributed by atoms with van der Waals surface area (Å²) in [4.78, 5) is 37.1. The van der Waals surface area contributed by atoms with Gasteiger partial charge in [-0.1, -0.05) is 30.3 Å². The second kappa shape index (κ2) is 11.7. The Morgan fingerprint density at radius 3 is 2.41 bits per heavy atom. The van der Waals surface area contributed by atoms with Crippen LogP contribution in [0.2, 0.25) is 0 Å². The van der Waals surface area contributed by atoms with E-state index in [9.17, 15) is 18.8 Å². The van der Waals surface area contributed by atoms with Crippen molar-refractivity contribution in [1.29, 1.82) is 0 Å². The molecule has 0 spiro atoms. The van der Waals surface area contributed by atoms with Crippen molar-refractivity contribution in [3.05, 3.63) is 89.0 Å². The average Bonchev–Trinajstić information content (AvgIpc) is 3.11. The van der Waals surface area contributed by atoms with Gasteiger partial charge in [-0.3, -0.25) is 14.4 Å². The van der Waals surface area contributed by atoms with E-state index in [1.807, 2.05) is 50.2 Å². The molecule has 6 nitrogen and oxygen atoms in total. The smallest absolute Gasteiger partial charge is 0.319 e. The van der Waals surface area contributed by atoms with Crippen molar-refractivity contribution in [3.8, 4) is 0 Å². The highest BCUT2D eigenvalue weighted by molar-refractivity contribution is 8.01. The van der Waals surface area contributed by atoms with Gasteiger partial charge in [0.05, 0.1) is 5.75 Å². The lowest BCUT2D eigenvalue weighted by Gasteiger charge is -2.12. The first-order chi connectivity index (χ1) is 16.2. The predicted octanol–water partition coefficient (Wildman–Crippen LogP) is 4.78. The molecule has 1 N–H and O–H groups in total. The van der Waals surface area contributed by atoms with Crippen molar-refractivity contribution in [2.24, 2.45) is 0 Å². The molecule has 2 aromatic carbocycles. The van der Waals surface area contributed by atoms with Gasteiger partial charge in [0.15, 0.2) is 6.61 Å². The second-order valence-electron chi connectivity index (χ2n) is 7.90. The van der Waals surface area contributed by atoms with Gasteiger partial charge in [0.1, 0.15) is 11.1 Å². The van der Waals surface area contributed by atoms with Gasteiger partial charge >= 0.3 is 5.97 Å². The van der Waals surface area contributed by atoms with Crippen molar-refractivity contribution in [1.82, 2.24) is 4.57 Å². The maximum absolute atomic E-state index is 12.9. The van der Waals surface area contributed by atoms with Gasteiger partial charge in [0, 0.05) is 29.2 Å². The van der Waals surface area contributed by atoms with E-state index in [0.29, 0.717) is 17.8 Å². The van der Waals surface area contributed by atoms with E-state index >= 15 is 0 Å². The van der Waals surface area contributed by atoms with Gasteiger partial charge in [0.2, 0.25) is 11.7 Å². The Hall–Kier alpha value is -3.39. The number of carbonyl (C=O) groups is 3. The number of ketones is 1. The molecule has 0 fully saturated rings. The lowest BCUT2D eigenvalue weighted by atomic mass is 10.1. The summed E-state index contributed by atoms with van der Waals surface area (Å²) in [6.07, 6.45) is 0. The third kappa shape index (κ3) is 6.81. The van der Waals surface area contributed by atoms with E-state index in [4.69, 9.17) is 4.74 Å². The number of carbonyl (C=O) groups excluding carboxylic acids is 3. The third-order valence-corrected chi connectivity index (χ3v) is 6.45. The maximum atomic E-state index is 12.9. The Kier molecular flexibility index (Phi) is 8.65. The number of hydrogen-bond acceptors (Lipinski definition) is 5. The molecule has 0 aliphatic heterocycles. The molecule has 0 aliphatic carbocycles. The second-order valence-corrected chi connectivity index (χ2v) is 9.22. The summed E-state index contributed by atoms with van der Waals surface area (Å²) in [5.41, 5.74) is 3.90. The van der Waals surface area contributed by atoms with Crippen LogP contribution in [0.5, 0.6) is 0 Å². The number of hydrogen-bond donors (Lipinski definition) is 1. The van der Waals surface area contributed by atoms with Gasteiger partial charge in [0.25, 0.3) is 0 Å². The molecule has 1 heterocycles. The fourth-order valence-electron chi connectivity index (χ4n) is 3.42. The molecule has 1 atom stereocenters. The number of aryl methyl sites for hydroxylation is 1. The zero-order valence-electron chi connectivity index (χ0n) is 19.3. The molecule has 178 valence electrons. The van der Waals surface area contributed by atoms with E-state index in [2.05, 4.69) is 9.88 Å². The van der Waals surface area contributed by atoms with Crippen LogP contribution >= 0.6 is 11.8 Å². The van der Waals surface area contributed by atoms with Crippen molar-refractivity contribution in [2.45, 2.75) is 32.6 Å². The molecule has 0 saturated heterocycles. The van der Waals surface area contributed by atoms with Crippen LogP contribution in [0.1, 0.15) is 34.2 Å². The van der Waals surface area contributed by atoms with Crippen molar-refractivity contribution < 1.29 is 23.5 Å². The third-order valence-electron chi connectivity index (χ3n) is 5.33. The lowest BCUT2D eigenvalue weighted by molar-refractivity contribution is -0.141. The molecule has 3 aromatic rings. The zero-order valence-corrected chi connectivity index (χ0v) is 20.2. The predicted molar refractivity (Wildman–Crippen MR) is 132 cm³/mol. The summed E-state index contributed by atoms with van der Waals surface area (Å²) in [5.74, 6) is -1.53. The van der Waals surface area contributed by atoms with Crippen molar-refractivity contribution in [3.63, 3.8) is 0 Å². The number of ether oxygens (including phenoxy) is 1. The Morgan fingerprint density at radius 2 is 1.74 bits per heavy atom. The van der Waals surface area contributed by atoms with Gasteiger partial charge in [-0.25, -0.2) is 4.39 Å². The van der Waals surface area contributed by atoms with Gasteiger partial charge in [-0.05, 0) is 56.7 Å². The monoisotopic (exact) mass is 482 g/mol. The number of anilines is 1. The van der Waals surface area contributed by atoms with Crippen LogP contribution in [-0.2, 0) is 20.9 Å². The molecule has 0 saturated carbocycles. The quantitative estimate of drug-likeness (QED) is 0.332. The van der Waals surface area contributed by atoms with E-state index in [1.165, 1.54) is 24.3 Å². The first-order valence-electron chi connectivity index (χ1n) is 10.8. The molecule has 34 heavy (non-hydrogen) atoms. The van der Waals surface area contributed by atoms with Crippen LogP contribution < -0.4 is 5.32 Å².